The van der Waals surface area contributed by atoms with Gasteiger partial charge in [-0.15, -0.1) is 0 Å². The van der Waals surface area contributed by atoms with Crippen molar-refractivity contribution in [1.82, 2.24) is 0 Å². The van der Waals surface area contributed by atoms with Gasteiger partial charge in [0.1, 0.15) is 5.75 Å². The Balaban J connectivity index is 1.39. The summed E-state index contributed by atoms with van der Waals surface area (Å²) in [6.45, 7) is 5.75. The molecule has 214 valence electrons. The molecule has 0 unspecified atom stereocenters. The van der Waals surface area contributed by atoms with Crippen LogP contribution < -0.4 is 14.5 Å². The van der Waals surface area contributed by atoms with Gasteiger partial charge in [0.2, 0.25) is 0 Å². The lowest BCUT2D eigenvalue weighted by Gasteiger charge is -2.32. The number of hydrogen-bond acceptors (Lipinski definition) is 6. The van der Waals surface area contributed by atoms with E-state index in [1.54, 1.807) is 21.9 Å². The number of carbonyl (C=O) groups excluding carboxylic acids is 2. The Morgan fingerprint density at radius 2 is 1.83 bits per heavy atom. The number of aliphatic hydroxyl groups excluding tert-OH is 1. The molecule has 1 fully saturated rings. The number of nitrogens with zero attached hydrogens (tertiary/aromatic N) is 2. The summed E-state index contributed by atoms with van der Waals surface area (Å²) < 4.78 is 12.2. The average molecular weight is 593 g/mol. The van der Waals surface area contributed by atoms with E-state index >= 15 is 0 Å². The summed E-state index contributed by atoms with van der Waals surface area (Å²) in [5.74, 6) is -0.102. The zero-order chi connectivity index (χ0) is 29.1. The Morgan fingerprint density at radius 3 is 2.59 bits per heavy atom. The van der Waals surface area contributed by atoms with E-state index in [9.17, 15) is 19.5 Å². The van der Waals surface area contributed by atoms with Crippen LogP contribution in [0.2, 0.25) is 23.7 Å². The number of anilines is 3. The molecular weight excluding hydrogens is 560 g/mol. The summed E-state index contributed by atoms with van der Waals surface area (Å²) in [7, 11) is -2.79. The summed E-state index contributed by atoms with van der Waals surface area (Å²) >= 11 is 6.46. The molecule has 3 heterocycles. The van der Waals surface area contributed by atoms with Crippen LogP contribution in [-0.2, 0) is 26.5 Å². The summed E-state index contributed by atoms with van der Waals surface area (Å²) in [4.78, 5) is 42.0. The molecule has 3 aromatic rings. The third-order valence-corrected chi connectivity index (χ3v) is 11.3. The van der Waals surface area contributed by atoms with Crippen molar-refractivity contribution in [2.45, 2.75) is 50.2 Å². The average Bonchev–Trinajstić information content (AvgIpc) is 3.35. The maximum atomic E-state index is 14.5. The van der Waals surface area contributed by atoms with Gasteiger partial charge in [-0.25, -0.2) is 0 Å². The van der Waals surface area contributed by atoms with E-state index in [0.717, 1.165) is 5.56 Å². The van der Waals surface area contributed by atoms with E-state index in [2.05, 4.69) is 0 Å². The highest BCUT2D eigenvalue weighted by Crippen LogP contribution is 2.60. The highest BCUT2D eigenvalue weighted by atomic mass is 35.5. The van der Waals surface area contributed by atoms with Gasteiger partial charge in [0.15, 0.2) is 20.5 Å². The first-order valence-electron chi connectivity index (χ1n) is 13.8. The summed E-state index contributed by atoms with van der Waals surface area (Å²) in [5, 5.41) is 10.3. The van der Waals surface area contributed by atoms with Gasteiger partial charge in [0, 0.05) is 34.3 Å². The van der Waals surface area contributed by atoms with Gasteiger partial charge in [0.05, 0.1) is 24.0 Å². The minimum Gasteiger partial charge on any atom is -0.482 e. The van der Waals surface area contributed by atoms with Crippen molar-refractivity contribution >= 4 is 48.8 Å². The van der Waals surface area contributed by atoms with Gasteiger partial charge in [0.25, 0.3) is 11.8 Å². The van der Waals surface area contributed by atoms with Gasteiger partial charge in [-0.05, 0) is 67.5 Å². The lowest BCUT2D eigenvalue weighted by atomic mass is 9.82. The van der Waals surface area contributed by atoms with Crippen LogP contribution in [0.25, 0.3) is 0 Å². The van der Waals surface area contributed by atoms with Crippen molar-refractivity contribution in [1.29, 1.82) is 0 Å². The second-order valence-electron chi connectivity index (χ2n) is 11.6. The predicted octanol–water partition coefficient (Wildman–Crippen LogP) is 5.12. The van der Waals surface area contributed by atoms with Crippen LogP contribution in [0.1, 0.15) is 24.5 Å². The molecule has 1 saturated heterocycles. The summed E-state index contributed by atoms with van der Waals surface area (Å²) in [5.41, 5.74) is 1.97. The first-order chi connectivity index (χ1) is 19.6. The molecule has 0 bridgehead atoms. The van der Waals surface area contributed by atoms with Crippen LogP contribution >= 0.6 is 11.6 Å². The van der Waals surface area contributed by atoms with E-state index in [1.807, 2.05) is 74.6 Å². The van der Waals surface area contributed by atoms with Crippen molar-refractivity contribution in [3.63, 3.8) is 0 Å². The molecular formula is C31H33ClN2O6Si. The van der Waals surface area contributed by atoms with Crippen LogP contribution in [0.5, 0.6) is 5.75 Å². The minimum absolute atomic E-state index is 0.0571. The predicted molar refractivity (Wildman–Crippen MR) is 159 cm³/mol. The van der Waals surface area contributed by atoms with Crippen LogP contribution in [0.3, 0.4) is 0 Å². The van der Waals surface area contributed by atoms with Crippen molar-refractivity contribution in [2.75, 3.05) is 23.0 Å². The highest BCUT2D eigenvalue weighted by molar-refractivity contribution is 6.71. The second kappa shape index (κ2) is 10.3. The molecule has 10 heteroatoms. The number of amides is 2. The lowest BCUT2D eigenvalue weighted by molar-refractivity contribution is -0.146. The molecule has 3 aromatic carbocycles. The Labute approximate surface area is 245 Å². The number of ether oxygens (including phenoxy) is 2. The molecule has 41 heavy (non-hydrogen) atoms. The zero-order valence-corrected chi connectivity index (χ0v) is 25.0. The monoisotopic (exact) mass is 592 g/mol. The fraction of sp³-hybridized carbons (Fsp3) is 0.355. The molecule has 0 aliphatic carbocycles. The third kappa shape index (κ3) is 4.47. The largest absolute Gasteiger partial charge is 0.482 e. The third-order valence-electron chi connectivity index (χ3n) is 8.58. The number of fused-ring (bicyclic) bond motifs is 3. The molecule has 4 atom stereocenters. The number of hydrogen-bond donors (Lipinski definition) is 2. The first-order valence-corrected chi connectivity index (χ1v) is 17.2. The Bertz CT molecular complexity index is 1530. The first kappa shape index (κ1) is 27.9. The van der Waals surface area contributed by atoms with Crippen LogP contribution in [0.15, 0.2) is 66.7 Å². The molecule has 6 rings (SSSR count). The quantitative estimate of drug-likeness (QED) is 0.385. The SMILES string of the molecule is C[C@@H]1[C@@H]([Si](C)(C)O)[C@H](CCO)O[C@@]12C(=O)N(Cc1cccc(N3C(=O)COc4ccccc43)c1)c1ccc(Cl)cc12. The Hall–Kier alpha value is -3.21. The van der Waals surface area contributed by atoms with Gasteiger partial charge in [-0.1, -0.05) is 42.8 Å². The van der Waals surface area contributed by atoms with Crippen molar-refractivity contribution in [2.24, 2.45) is 5.92 Å². The molecule has 2 N–H and O–H groups in total. The molecule has 3 aliphatic heterocycles. The molecule has 0 aromatic heterocycles. The molecule has 3 aliphatic rings. The zero-order valence-electron chi connectivity index (χ0n) is 23.2. The van der Waals surface area contributed by atoms with E-state index in [1.165, 1.54) is 0 Å². The number of aliphatic hydroxyl groups is 1. The lowest BCUT2D eigenvalue weighted by Crippen LogP contribution is -2.46. The molecule has 0 radical (unpaired) electrons. The van der Waals surface area contributed by atoms with Crippen LogP contribution in [0.4, 0.5) is 17.1 Å². The van der Waals surface area contributed by atoms with Crippen LogP contribution in [0, 0.1) is 5.92 Å². The van der Waals surface area contributed by atoms with E-state index < -0.39 is 20.0 Å². The fourth-order valence-corrected chi connectivity index (χ4v) is 9.74. The normalized spacial score (nSPS) is 25.5. The van der Waals surface area contributed by atoms with E-state index in [0.29, 0.717) is 39.8 Å². The number of rotatable bonds is 6. The molecule has 8 nitrogen and oxygen atoms in total. The molecule has 0 saturated carbocycles. The number of benzene rings is 3. The summed E-state index contributed by atoms with van der Waals surface area (Å²) in [6.07, 6.45) is -0.137. The minimum atomic E-state index is -2.79. The number of carbonyl (C=O) groups is 2. The van der Waals surface area contributed by atoms with Crippen molar-refractivity contribution in [3.8, 4) is 5.75 Å². The second-order valence-corrected chi connectivity index (χ2v) is 16.0. The number of halogens is 1. The van der Waals surface area contributed by atoms with Crippen LogP contribution in [-0.4, -0.2) is 49.4 Å². The van der Waals surface area contributed by atoms with E-state index in [-0.39, 0.29) is 43.0 Å². The van der Waals surface area contributed by atoms with Gasteiger partial charge in [-0.2, -0.15) is 0 Å². The van der Waals surface area contributed by atoms with Gasteiger partial charge < -0.3 is 24.3 Å². The van der Waals surface area contributed by atoms with Gasteiger partial charge >= 0.3 is 0 Å². The summed E-state index contributed by atoms with van der Waals surface area (Å²) in [6, 6.07) is 20.4. The standard InChI is InChI=1S/C31H33ClN2O6Si/c1-19-29(41(2,3)38)27(13-14-35)40-31(19)23-16-21(32)11-12-24(23)33(30(31)37)17-20-7-6-8-22(15-20)34-25-9-4-5-10-26(25)39-18-28(34)36/h4-12,15-16,19,27,29,35,38H,13-14,17-18H2,1-3H3/t19-,27+,29-,31+/m1/s1. The highest BCUT2D eigenvalue weighted by Gasteiger charge is 2.66. The smallest absolute Gasteiger partial charge is 0.269 e. The van der Waals surface area contributed by atoms with Crippen molar-refractivity contribution < 1.29 is 29.0 Å². The van der Waals surface area contributed by atoms with Gasteiger partial charge in [-0.3, -0.25) is 14.5 Å². The van der Waals surface area contributed by atoms with E-state index in [4.69, 9.17) is 21.1 Å². The molecule has 1 spiro atoms. The number of para-hydroxylation sites is 2. The topological polar surface area (TPSA) is 99.5 Å². The Morgan fingerprint density at radius 1 is 1.05 bits per heavy atom. The maximum absolute atomic E-state index is 14.5. The maximum Gasteiger partial charge on any atom is 0.269 e. The fourth-order valence-electron chi connectivity index (χ4n) is 6.97. The van der Waals surface area contributed by atoms with Crippen molar-refractivity contribution in [3.05, 3.63) is 82.9 Å². The molecule has 2 amide bonds. The Kier molecular flexibility index (Phi) is 6.99.